The van der Waals surface area contributed by atoms with Gasteiger partial charge in [0.05, 0.1) is 23.5 Å². The van der Waals surface area contributed by atoms with Crippen LogP contribution in [-0.4, -0.2) is 23.0 Å². The average molecular weight is 405 g/mol. The van der Waals surface area contributed by atoms with Crippen LogP contribution in [0.5, 0.6) is 11.5 Å². The lowest BCUT2D eigenvalue weighted by Gasteiger charge is -2.12. The summed E-state index contributed by atoms with van der Waals surface area (Å²) in [6.07, 6.45) is 1.70. The zero-order valence-electron chi connectivity index (χ0n) is 16.0. The predicted molar refractivity (Wildman–Crippen MR) is 114 cm³/mol. The van der Waals surface area contributed by atoms with E-state index in [1.54, 1.807) is 48.9 Å². The zero-order chi connectivity index (χ0) is 20.2. The molecule has 0 spiro atoms. The molecular weight excluding hydrogens is 386 g/mol. The van der Waals surface area contributed by atoms with Crippen molar-refractivity contribution in [1.29, 1.82) is 0 Å². The third-order valence-electron chi connectivity index (χ3n) is 4.35. The summed E-state index contributed by atoms with van der Waals surface area (Å²) in [7, 11) is 1.60. The number of nitrogens with zero attached hydrogens (tertiary/aromatic N) is 2. The van der Waals surface area contributed by atoms with Crippen LogP contribution in [0.1, 0.15) is 21.1 Å². The molecule has 0 aliphatic carbocycles. The summed E-state index contributed by atoms with van der Waals surface area (Å²) >= 11 is 1.58. The fraction of sp³-hybridized carbons (Fsp3) is 0.136. The molecule has 2 heterocycles. The van der Waals surface area contributed by atoms with Crippen LogP contribution < -0.4 is 14.8 Å². The van der Waals surface area contributed by atoms with Crippen LogP contribution in [0.4, 0.5) is 5.69 Å². The Bertz CT molecular complexity index is 1170. The molecule has 0 bridgehead atoms. The van der Waals surface area contributed by atoms with Crippen LogP contribution in [0, 0.1) is 6.92 Å². The first kappa shape index (κ1) is 18.9. The first-order chi connectivity index (χ1) is 14.1. The number of aryl methyl sites for hydroxylation is 1. The van der Waals surface area contributed by atoms with Crippen molar-refractivity contribution in [2.24, 2.45) is 0 Å². The Morgan fingerprint density at radius 1 is 1.17 bits per heavy atom. The fourth-order valence-electron chi connectivity index (χ4n) is 2.97. The number of pyridine rings is 1. The summed E-state index contributed by atoms with van der Waals surface area (Å²) in [6, 6.07) is 14.4. The second-order valence-corrected chi connectivity index (χ2v) is 7.41. The van der Waals surface area contributed by atoms with Crippen molar-refractivity contribution in [2.75, 3.05) is 12.4 Å². The number of ether oxygens (including phenoxy) is 2. The molecule has 0 fully saturated rings. The number of hydrogen-bond donors (Lipinski definition) is 1. The van der Waals surface area contributed by atoms with Gasteiger partial charge in [-0.3, -0.25) is 9.78 Å². The van der Waals surface area contributed by atoms with Crippen molar-refractivity contribution in [3.05, 3.63) is 76.4 Å². The van der Waals surface area contributed by atoms with Crippen LogP contribution >= 0.6 is 11.3 Å². The second-order valence-electron chi connectivity index (χ2n) is 6.34. The maximum Gasteiger partial charge on any atom is 0.255 e. The van der Waals surface area contributed by atoms with Gasteiger partial charge in [0, 0.05) is 22.5 Å². The van der Waals surface area contributed by atoms with Crippen molar-refractivity contribution in [3.8, 4) is 11.5 Å². The number of thiazole rings is 1. The Labute approximate surface area is 172 Å². The normalized spacial score (nSPS) is 10.7. The quantitative estimate of drug-likeness (QED) is 0.497. The number of benzene rings is 2. The molecule has 1 amide bonds. The van der Waals surface area contributed by atoms with E-state index in [1.165, 1.54) is 0 Å². The molecule has 0 saturated carbocycles. The number of fused-ring (bicyclic) bond motifs is 1. The number of carbonyl (C=O) groups is 1. The van der Waals surface area contributed by atoms with Crippen LogP contribution in [0.15, 0.2) is 60.1 Å². The van der Waals surface area contributed by atoms with E-state index in [9.17, 15) is 4.79 Å². The Kier molecular flexibility index (Phi) is 5.39. The maximum atomic E-state index is 12.8. The molecule has 1 N–H and O–H groups in total. The Morgan fingerprint density at radius 3 is 2.86 bits per heavy atom. The van der Waals surface area contributed by atoms with Crippen LogP contribution in [0.25, 0.3) is 10.9 Å². The van der Waals surface area contributed by atoms with Gasteiger partial charge in [0.1, 0.15) is 23.6 Å². The molecule has 0 unspecified atom stereocenters. The fourth-order valence-corrected chi connectivity index (χ4v) is 3.57. The lowest BCUT2D eigenvalue weighted by Crippen LogP contribution is -2.12. The second kappa shape index (κ2) is 8.28. The minimum Gasteiger partial charge on any atom is -0.494 e. The predicted octanol–water partition coefficient (Wildman–Crippen LogP) is 4.84. The molecule has 2 aromatic carbocycles. The number of hydrogen-bond acceptors (Lipinski definition) is 6. The summed E-state index contributed by atoms with van der Waals surface area (Å²) < 4.78 is 11.1. The molecule has 6 nitrogen and oxygen atoms in total. The number of anilines is 1. The lowest BCUT2D eigenvalue weighted by molar-refractivity contribution is 0.102. The molecule has 0 atom stereocenters. The third kappa shape index (κ3) is 4.20. The average Bonchev–Trinajstić information content (AvgIpc) is 3.18. The van der Waals surface area contributed by atoms with Crippen molar-refractivity contribution < 1.29 is 14.3 Å². The molecule has 4 aromatic rings. The first-order valence-corrected chi connectivity index (χ1v) is 9.89. The van der Waals surface area contributed by atoms with E-state index < -0.39 is 0 Å². The van der Waals surface area contributed by atoms with Gasteiger partial charge in [-0.05, 0) is 49.4 Å². The molecule has 29 heavy (non-hydrogen) atoms. The smallest absolute Gasteiger partial charge is 0.255 e. The summed E-state index contributed by atoms with van der Waals surface area (Å²) in [5.74, 6) is 1.05. The van der Waals surface area contributed by atoms with E-state index in [4.69, 9.17) is 9.47 Å². The van der Waals surface area contributed by atoms with Crippen LogP contribution in [-0.2, 0) is 6.61 Å². The highest BCUT2D eigenvalue weighted by Gasteiger charge is 2.12. The number of carbonyl (C=O) groups excluding carboxylic acids is 1. The summed E-state index contributed by atoms with van der Waals surface area (Å²) in [5.41, 5.74) is 2.75. The summed E-state index contributed by atoms with van der Waals surface area (Å²) in [6.45, 7) is 2.32. The third-order valence-corrected chi connectivity index (χ3v) is 5.17. The molecule has 4 rings (SSSR count). The Hall–Kier alpha value is -3.45. The molecule has 2 aromatic heterocycles. The van der Waals surface area contributed by atoms with Crippen molar-refractivity contribution in [1.82, 2.24) is 9.97 Å². The van der Waals surface area contributed by atoms with E-state index in [1.807, 2.05) is 36.6 Å². The number of aromatic nitrogens is 2. The highest BCUT2D eigenvalue weighted by molar-refractivity contribution is 7.09. The Balaban J connectivity index is 1.52. The number of methoxy groups -OCH3 is 1. The first-order valence-electron chi connectivity index (χ1n) is 9.01. The van der Waals surface area contributed by atoms with E-state index in [2.05, 4.69) is 15.3 Å². The maximum absolute atomic E-state index is 12.8. The van der Waals surface area contributed by atoms with Crippen LogP contribution in [0.3, 0.4) is 0 Å². The molecule has 0 aliphatic heterocycles. The Morgan fingerprint density at radius 2 is 2.07 bits per heavy atom. The highest BCUT2D eigenvalue weighted by Crippen LogP contribution is 2.30. The molecule has 146 valence electrons. The lowest BCUT2D eigenvalue weighted by atomic mass is 10.1. The highest BCUT2D eigenvalue weighted by atomic mass is 32.1. The van der Waals surface area contributed by atoms with E-state index in [-0.39, 0.29) is 5.91 Å². The summed E-state index contributed by atoms with van der Waals surface area (Å²) in [5, 5.41) is 6.73. The number of rotatable bonds is 6. The monoisotopic (exact) mass is 405 g/mol. The van der Waals surface area contributed by atoms with Gasteiger partial charge in [0.2, 0.25) is 0 Å². The van der Waals surface area contributed by atoms with Gasteiger partial charge in [-0.15, -0.1) is 11.3 Å². The van der Waals surface area contributed by atoms with Crippen molar-refractivity contribution in [2.45, 2.75) is 13.5 Å². The van der Waals surface area contributed by atoms with Gasteiger partial charge in [-0.25, -0.2) is 4.98 Å². The minimum absolute atomic E-state index is 0.227. The SMILES string of the molecule is COc1ccc(NC(=O)c2cccc(OCc3csc(C)n3)c2)c2cccnc12. The van der Waals surface area contributed by atoms with Crippen molar-refractivity contribution in [3.63, 3.8) is 0 Å². The van der Waals surface area contributed by atoms with Crippen LogP contribution in [0.2, 0.25) is 0 Å². The largest absolute Gasteiger partial charge is 0.494 e. The summed E-state index contributed by atoms with van der Waals surface area (Å²) in [4.78, 5) is 21.6. The van der Waals surface area contributed by atoms with Gasteiger partial charge >= 0.3 is 0 Å². The van der Waals surface area contributed by atoms with Gasteiger partial charge in [0.25, 0.3) is 5.91 Å². The molecule has 0 saturated heterocycles. The van der Waals surface area contributed by atoms with Crippen molar-refractivity contribution >= 4 is 33.8 Å². The zero-order valence-corrected chi connectivity index (χ0v) is 16.8. The number of nitrogens with one attached hydrogen (secondary N) is 1. The minimum atomic E-state index is -0.227. The van der Waals surface area contributed by atoms with E-state index in [0.29, 0.717) is 34.9 Å². The molecular formula is C22H19N3O3S. The molecule has 7 heteroatoms. The molecule has 0 radical (unpaired) electrons. The van der Waals surface area contributed by atoms with E-state index in [0.717, 1.165) is 16.1 Å². The van der Waals surface area contributed by atoms with Gasteiger partial charge in [0.15, 0.2) is 0 Å². The molecule has 0 aliphatic rings. The van der Waals surface area contributed by atoms with E-state index >= 15 is 0 Å². The number of amides is 1. The standard InChI is InChI=1S/C22H19N3O3S/c1-14-24-16(13-29-14)12-28-17-6-3-5-15(11-17)22(26)25-19-8-9-20(27-2)21-18(19)7-4-10-23-21/h3-11,13H,12H2,1-2H3,(H,25,26). The topological polar surface area (TPSA) is 73.3 Å². The van der Waals surface area contributed by atoms with Gasteiger partial charge in [-0.1, -0.05) is 6.07 Å². The van der Waals surface area contributed by atoms with Gasteiger partial charge < -0.3 is 14.8 Å². The van der Waals surface area contributed by atoms with Gasteiger partial charge in [-0.2, -0.15) is 0 Å².